The van der Waals surface area contributed by atoms with Crippen molar-refractivity contribution in [3.63, 3.8) is 0 Å². The summed E-state index contributed by atoms with van der Waals surface area (Å²) in [6, 6.07) is -2.57. The van der Waals surface area contributed by atoms with Gasteiger partial charge in [0, 0.05) is 0 Å². The van der Waals surface area contributed by atoms with Gasteiger partial charge in [0.1, 0.15) is 48.7 Å². The number of hydrogen-bond donors (Lipinski definition) is 8. The normalized spacial score (nSPS) is 45.1. The monoisotopic (exact) mass is 396 g/mol. The van der Waals surface area contributed by atoms with Crippen molar-refractivity contribution in [2.24, 2.45) is 0 Å². The maximum Gasteiger partial charge on any atom is 0.207 e. The fourth-order valence-electron chi connectivity index (χ4n) is 3.12. The van der Waals surface area contributed by atoms with Gasteiger partial charge in [0.05, 0.1) is 13.2 Å². The van der Waals surface area contributed by atoms with Crippen LogP contribution >= 0.6 is 0 Å². The van der Waals surface area contributed by atoms with Gasteiger partial charge >= 0.3 is 0 Å². The highest BCUT2D eigenvalue weighted by atomic mass is 16.7. The summed E-state index contributed by atoms with van der Waals surface area (Å²) >= 11 is 0. The smallest absolute Gasteiger partial charge is 0.207 e. The Bertz CT molecular complexity index is 498. The predicted molar refractivity (Wildman–Crippen MR) is 82.6 cm³/mol. The van der Waals surface area contributed by atoms with Gasteiger partial charge in [-0.2, -0.15) is 0 Å². The second-order valence-electron chi connectivity index (χ2n) is 6.17. The molecule has 0 saturated carbocycles. The number of hydrogen-bond acceptors (Lipinski definition) is 11. The highest BCUT2D eigenvalue weighted by Gasteiger charge is 2.50. The summed E-state index contributed by atoms with van der Waals surface area (Å²) in [5, 5.41) is 63.4. The van der Waals surface area contributed by atoms with Crippen LogP contribution in [0.5, 0.6) is 0 Å². The molecule has 0 radical (unpaired) electrons. The molecule has 0 spiro atoms. The molecule has 10 atom stereocenters. The van der Waals surface area contributed by atoms with Gasteiger partial charge in [-0.05, 0) is 0 Å². The molecular formula is C14H24N2O11. The molecule has 0 aliphatic carbocycles. The van der Waals surface area contributed by atoms with Gasteiger partial charge in [-0.25, -0.2) is 0 Å². The number of aliphatic hydroxyl groups is 6. The van der Waals surface area contributed by atoms with Crippen LogP contribution in [0.15, 0.2) is 0 Å². The zero-order valence-electron chi connectivity index (χ0n) is 14.1. The molecule has 2 aliphatic heterocycles. The molecule has 2 heterocycles. The predicted octanol–water partition coefficient (Wildman–Crippen LogP) is -5.89. The Morgan fingerprint density at radius 3 is 1.96 bits per heavy atom. The molecule has 27 heavy (non-hydrogen) atoms. The molecule has 0 unspecified atom stereocenters. The van der Waals surface area contributed by atoms with E-state index in [2.05, 4.69) is 10.6 Å². The molecule has 0 aromatic heterocycles. The van der Waals surface area contributed by atoms with Crippen LogP contribution in [0.4, 0.5) is 0 Å². The number of carbonyl (C=O) groups is 2. The minimum Gasteiger partial charge on any atom is -0.394 e. The van der Waals surface area contributed by atoms with Crippen LogP contribution in [-0.4, -0.2) is 118 Å². The molecule has 2 rings (SSSR count). The van der Waals surface area contributed by atoms with Crippen molar-refractivity contribution in [2.45, 2.75) is 61.3 Å². The van der Waals surface area contributed by atoms with Crippen molar-refractivity contribution in [2.75, 3.05) is 13.2 Å². The molecule has 2 fully saturated rings. The SMILES string of the molecule is O=CN[C@@H]1[C@@H](O)[C@H](O[C@@H]2O[C@H](CO)[C@@H](O)[C@H](O)[C@H]2NC=O)[C@@H](CO)O[C@H]1O. The first kappa shape index (κ1) is 21.9. The summed E-state index contributed by atoms with van der Waals surface area (Å²) in [4.78, 5) is 21.5. The van der Waals surface area contributed by atoms with Gasteiger partial charge in [0.25, 0.3) is 0 Å². The van der Waals surface area contributed by atoms with E-state index in [0.717, 1.165) is 0 Å². The Morgan fingerprint density at radius 2 is 1.41 bits per heavy atom. The lowest BCUT2D eigenvalue weighted by Crippen LogP contribution is -2.68. The summed E-state index contributed by atoms with van der Waals surface area (Å²) in [6.45, 7) is -1.35. The average molecular weight is 396 g/mol. The van der Waals surface area contributed by atoms with E-state index in [0.29, 0.717) is 0 Å². The maximum absolute atomic E-state index is 10.8. The van der Waals surface area contributed by atoms with Crippen molar-refractivity contribution in [3.8, 4) is 0 Å². The topological polar surface area (TPSA) is 207 Å². The summed E-state index contributed by atoms with van der Waals surface area (Å²) in [6.07, 6.45) is -11.1. The Balaban J connectivity index is 2.23. The molecule has 156 valence electrons. The molecule has 2 aliphatic rings. The van der Waals surface area contributed by atoms with Gasteiger partial charge in [-0.3, -0.25) is 9.59 Å². The van der Waals surface area contributed by atoms with Crippen molar-refractivity contribution in [3.05, 3.63) is 0 Å². The average Bonchev–Trinajstić information content (AvgIpc) is 2.66. The number of ether oxygens (including phenoxy) is 3. The van der Waals surface area contributed by atoms with Crippen LogP contribution in [0.1, 0.15) is 0 Å². The zero-order chi connectivity index (χ0) is 20.1. The third-order valence-corrected chi connectivity index (χ3v) is 4.57. The van der Waals surface area contributed by atoms with Crippen LogP contribution in [0, 0.1) is 0 Å². The second kappa shape index (κ2) is 9.68. The van der Waals surface area contributed by atoms with E-state index in [1.807, 2.05) is 0 Å². The second-order valence-corrected chi connectivity index (χ2v) is 6.17. The minimum atomic E-state index is -1.63. The van der Waals surface area contributed by atoms with Crippen LogP contribution in [0.3, 0.4) is 0 Å². The Kier molecular flexibility index (Phi) is 7.84. The summed E-state index contributed by atoms with van der Waals surface area (Å²) in [5.41, 5.74) is 0. The molecular weight excluding hydrogens is 372 g/mol. The molecule has 13 nitrogen and oxygen atoms in total. The third kappa shape index (κ3) is 4.53. The molecule has 0 aromatic rings. The number of nitrogens with one attached hydrogen (secondary N) is 2. The first-order valence-corrected chi connectivity index (χ1v) is 8.19. The first-order chi connectivity index (χ1) is 12.9. The van der Waals surface area contributed by atoms with E-state index in [4.69, 9.17) is 14.2 Å². The lowest BCUT2D eigenvalue weighted by Gasteiger charge is -2.47. The fraction of sp³-hybridized carbons (Fsp3) is 0.857. The van der Waals surface area contributed by atoms with Crippen molar-refractivity contribution in [1.82, 2.24) is 10.6 Å². The Morgan fingerprint density at radius 1 is 0.815 bits per heavy atom. The third-order valence-electron chi connectivity index (χ3n) is 4.57. The molecule has 0 bridgehead atoms. The van der Waals surface area contributed by atoms with Crippen LogP contribution in [0.25, 0.3) is 0 Å². The van der Waals surface area contributed by atoms with E-state index in [-0.39, 0.29) is 12.8 Å². The van der Waals surface area contributed by atoms with E-state index in [1.165, 1.54) is 0 Å². The van der Waals surface area contributed by atoms with Gasteiger partial charge in [-0.15, -0.1) is 0 Å². The van der Waals surface area contributed by atoms with E-state index >= 15 is 0 Å². The zero-order valence-corrected chi connectivity index (χ0v) is 14.1. The lowest BCUT2D eigenvalue weighted by molar-refractivity contribution is -0.327. The molecule has 2 saturated heterocycles. The van der Waals surface area contributed by atoms with E-state index in [9.17, 15) is 40.2 Å². The van der Waals surface area contributed by atoms with Crippen molar-refractivity contribution >= 4 is 12.8 Å². The summed E-state index contributed by atoms with van der Waals surface area (Å²) in [7, 11) is 0. The lowest BCUT2D eigenvalue weighted by atomic mass is 9.95. The van der Waals surface area contributed by atoms with Gasteiger partial charge in [-0.1, -0.05) is 0 Å². The van der Waals surface area contributed by atoms with Gasteiger partial charge in [0.15, 0.2) is 12.6 Å². The highest BCUT2D eigenvalue weighted by Crippen LogP contribution is 2.28. The van der Waals surface area contributed by atoms with Crippen LogP contribution in [-0.2, 0) is 23.8 Å². The number of rotatable bonds is 8. The number of amides is 2. The van der Waals surface area contributed by atoms with Gasteiger partial charge in [0.2, 0.25) is 12.8 Å². The first-order valence-electron chi connectivity index (χ1n) is 8.19. The van der Waals surface area contributed by atoms with E-state index in [1.54, 1.807) is 0 Å². The standard InChI is InChI=1S/C14H24N2O11/c17-1-5-9(21)10(22)8(16-4-20)14(26-5)27-12-6(2-18)25-13(24)7(11(12)23)15-3-19/h3-14,17-18,21-24H,1-2H2,(H,15,19)(H,16,20)/t5-,6-,7-,8-,9-,10-,11-,12-,13-,14+/m1/s1. The van der Waals surface area contributed by atoms with Crippen LogP contribution < -0.4 is 10.6 Å². The fourth-order valence-corrected chi connectivity index (χ4v) is 3.12. The summed E-state index contributed by atoms with van der Waals surface area (Å²) in [5.74, 6) is 0. The summed E-state index contributed by atoms with van der Waals surface area (Å²) < 4.78 is 16.0. The van der Waals surface area contributed by atoms with E-state index < -0.39 is 74.5 Å². The quantitative estimate of drug-likeness (QED) is 0.181. The van der Waals surface area contributed by atoms with Crippen molar-refractivity contribution in [1.29, 1.82) is 0 Å². The number of carbonyl (C=O) groups excluding carboxylic acids is 2. The van der Waals surface area contributed by atoms with Crippen molar-refractivity contribution < 1.29 is 54.4 Å². The minimum absolute atomic E-state index is 0.229. The van der Waals surface area contributed by atoms with Gasteiger partial charge < -0.3 is 55.5 Å². The number of aliphatic hydroxyl groups excluding tert-OH is 6. The highest BCUT2D eigenvalue weighted by molar-refractivity contribution is 5.47. The Hall–Kier alpha value is -1.42. The maximum atomic E-state index is 10.8. The molecule has 8 N–H and O–H groups in total. The van der Waals surface area contributed by atoms with Crippen LogP contribution in [0.2, 0.25) is 0 Å². The molecule has 2 amide bonds. The Labute approximate surface area is 153 Å². The molecule has 13 heteroatoms. The molecule has 0 aromatic carbocycles. The largest absolute Gasteiger partial charge is 0.394 e.